The van der Waals surface area contributed by atoms with Crippen molar-refractivity contribution in [1.82, 2.24) is 9.97 Å². The predicted molar refractivity (Wildman–Crippen MR) is 134 cm³/mol. The Hall–Kier alpha value is -4.50. The number of hydrogen-bond donors (Lipinski definition) is 5. The number of benzene rings is 2. The van der Waals surface area contributed by atoms with Crippen LogP contribution in [0.2, 0.25) is 0 Å². The zero-order valence-electron chi connectivity index (χ0n) is 18.5. The highest BCUT2D eigenvalue weighted by atomic mass is 16.3. The molecule has 2 unspecified atom stereocenters. The Morgan fingerprint density at radius 2 is 1.82 bits per heavy atom. The molecule has 2 atom stereocenters. The summed E-state index contributed by atoms with van der Waals surface area (Å²) in [6.07, 6.45) is 3.61. The molecule has 4 aromatic rings. The van der Waals surface area contributed by atoms with Gasteiger partial charge in [-0.2, -0.15) is 0 Å². The first kappa shape index (κ1) is 22.7. The maximum atomic E-state index is 13.5. The number of para-hydroxylation sites is 1. The van der Waals surface area contributed by atoms with Gasteiger partial charge < -0.3 is 32.3 Å². The summed E-state index contributed by atoms with van der Waals surface area (Å²) in [5.41, 5.74) is 20.3. The van der Waals surface area contributed by atoms with Gasteiger partial charge in [0.1, 0.15) is 29.3 Å². The molecule has 172 valence electrons. The van der Waals surface area contributed by atoms with Crippen LogP contribution in [-0.2, 0) is 0 Å². The van der Waals surface area contributed by atoms with E-state index in [-0.39, 0.29) is 11.2 Å². The minimum absolute atomic E-state index is 0.131. The first-order chi connectivity index (χ1) is 16.5. The molecule has 4 rings (SSSR count). The van der Waals surface area contributed by atoms with Crippen LogP contribution in [0.3, 0.4) is 0 Å². The topological polar surface area (TPSA) is 170 Å². The summed E-state index contributed by atoms with van der Waals surface area (Å²) in [6, 6.07) is 15.1. The monoisotopic (exact) mass is 455 g/mol. The molecule has 0 aliphatic rings. The van der Waals surface area contributed by atoms with Gasteiger partial charge in [0.2, 0.25) is 5.43 Å². The zero-order chi connectivity index (χ0) is 24.2. The third-order valence-electron chi connectivity index (χ3n) is 5.58. The smallest absolute Gasteiger partial charge is 0.200 e. The minimum atomic E-state index is -0.824. The van der Waals surface area contributed by atoms with E-state index in [2.05, 4.69) is 15.3 Å². The van der Waals surface area contributed by atoms with Crippen molar-refractivity contribution in [3.63, 3.8) is 0 Å². The van der Waals surface area contributed by atoms with Crippen molar-refractivity contribution in [2.45, 2.75) is 19.0 Å². The van der Waals surface area contributed by atoms with Crippen LogP contribution in [0, 0.1) is 5.41 Å². The van der Waals surface area contributed by atoms with Gasteiger partial charge in [-0.1, -0.05) is 42.5 Å². The Kier molecular flexibility index (Phi) is 6.37. The van der Waals surface area contributed by atoms with E-state index < -0.39 is 12.1 Å². The molecule has 9 nitrogen and oxygen atoms in total. The molecule has 0 spiro atoms. The molecule has 8 N–H and O–H groups in total. The van der Waals surface area contributed by atoms with Gasteiger partial charge in [0.25, 0.3) is 0 Å². The fraction of sp³-hybridized carbons (Fsp3) is 0.120. The summed E-state index contributed by atoms with van der Waals surface area (Å²) in [5, 5.41) is 11.3. The van der Waals surface area contributed by atoms with E-state index in [4.69, 9.17) is 27.0 Å². The Labute approximate surface area is 195 Å². The van der Waals surface area contributed by atoms with Crippen LogP contribution in [-0.4, -0.2) is 16.2 Å². The molecule has 34 heavy (non-hydrogen) atoms. The van der Waals surface area contributed by atoms with Crippen LogP contribution in [0.4, 0.5) is 11.6 Å². The van der Waals surface area contributed by atoms with Gasteiger partial charge in [0, 0.05) is 18.0 Å². The molecule has 0 amide bonds. The van der Waals surface area contributed by atoms with E-state index in [9.17, 15) is 4.79 Å². The van der Waals surface area contributed by atoms with E-state index >= 15 is 0 Å². The fourth-order valence-corrected chi connectivity index (χ4v) is 3.85. The summed E-state index contributed by atoms with van der Waals surface area (Å²) < 4.78 is 6.25. The van der Waals surface area contributed by atoms with Crippen molar-refractivity contribution in [3.8, 4) is 11.1 Å². The number of rotatable bonds is 7. The number of aromatic nitrogens is 2. The van der Waals surface area contributed by atoms with Crippen LogP contribution in [0.25, 0.3) is 22.1 Å². The minimum Gasteiger partial charge on any atom is -0.458 e. The molecule has 2 aromatic heterocycles. The molecule has 0 bridgehead atoms. The van der Waals surface area contributed by atoms with Crippen LogP contribution in [0.15, 0.2) is 81.9 Å². The quantitative estimate of drug-likeness (QED) is 0.264. The zero-order valence-corrected chi connectivity index (χ0v) is 18.5. The number of hydrogen-bond acceptors (Lipinski definition) is 9. The Bertz CT molecular complexity index is 1430. The number of nitrogens with one attached hydrogen (secondary N) is 2. The molecule has 2 aromatic carbocycles. The molecule has 0 fully saturated rings. The van der Waals surface area contributed by atoms with Gasteiger partial charge in [0.15, 0.2) is 0 Å². The molecule has 0 aliphatic heterocycles. The lowest BCUT2D eigenvalue weighted by Gasteiger charge is -2.22. The van der Waals surface area contributed by atoms with Gasteiger partial charge in [0.05, 0.1) is 28.6 Å². The maximum Gasteiger partial charge on any atom is 0.200 e. The van der Waals surface area contributed by atoms with Gasteiger partial charge in [-0.05, 0) is 24.6 Å². The van der Waals surface area contributed by atoms with Crippen molar-refractivity contribution in [1.29, 1.82) is 5.41 Å². The standard InChI is InChI=1S/C25H25N7O2/c1-14(32-25-20(24(29)30-13-31-25)21(28)16(11-26)12-27)23-19(15-7-3-2-4-8-15)22(33)17-9-5-6-10-18(17)34-23/h2-14,21,26H,27-28H2,1H3,(H3,29,30,31,32)/b16-12+,26-11?. The highest BCUT2D eigenvalue weighted by Gasteiger charge is 2.25. The van der Waals surface area contributed by atoms with Crippen LogP contribution in [0.5, 0.6) is 0 Å². The summed E-state index contributed by atoms with van der Waals surface area (Å²) in [6.45, 7) is 1.85. The van der Waals surface area contributed by atoms with E-state index in [1.807, 2.05) is 43.3 Å². The molecule has 0 radical (unpaired) electrons. The number of anilines is 2. The molecular formula is C25H25N7O2. The molecule has 9 heteroatoms. The van der Waals surface area contributed by atoms with Crippen LogP contribution < -0.4 is 27.9 Å². The third-order valence-corrected chi connectivity index (χ3v) is 5.58. The molecule has 0 saturated carbocycles. The van der Waals surface area contributed by atoms with Crippen molar-refractivity contribution in [2.75, 3.05) is 11.1 Å². The largest absolute Gasteiger partial charge is 0.458 e. The third kappa shape index (κ3) is 4.12. The van der Waals surface area contributed by atoms with Crippen LogP contribution >= 0.6 is 0 Å². The Morgan fingerprint density at radius 1 is 1.12 bits per heavy atom. The van der Waals surface area contributed by atoms with Crippen molar-refractivity contribution in [2.24, 2.45) is 11.5 Å². The molecule has 0 saturated heterocycles. The van der Waals surface area contributed by atoms with Crippen LogP contribution in [0.1, 0.15) is 30.3 Å². The first-order valence-electron chi connectivity index (χ1n) is 10.6. The number of nitrogen functional groups attached to an aromatic ring is 1. The second-order valence-electron chi connectivity index (χ2n) is 7.71. The van der Waals surface area contributed by atoms with E-state index in [1.165, 1.54) is 12.5 Å². The molecule has 2 heterocycles. The van der Waals surface area contributed by atoms with E-state index in [0.717, 1.165) is 11.8 Å². The highest BCUT2D eigenvalue weighted by molar-refractivity contribution is 5.83. The van der Waals surface area contributed by atoms with Crippen molar-refractivity contribution < 1.29 is 4.42 Å². The van der Waals surface area contributed by atoms with Gasteiger partial charge in [-0.3, -0.25) is 4.79 Å². The Balaban J connectivity index is 1.86. The second kappa shape index (κ2) is 9.55. The SMILES string of the molecule is CC(Nc1ncnc(N)c1C(N)/C(C=N)=C/N)c1oc2ccccc2c(=O)c1-c1ccccc1. The normalized spacial score (nSPS) is 13.4. The summed E-state index contributed by atoms with van der Waals surface area (Å²) in [5.74, 6) is 0.943. The van der Waals surface area contributed by atoms with Crippen molar-refractivity contribution in [3.05, 3.63) is 94.2 Å². The molecular weight excluding hydrogens is 430 g/mol. The predicted octanol–water partition coefficient (Wildman–Crippen LogP) is 3.50. The molecule has 0 aliphatic carbocycles. The van der Waals surface area contributed by atoms with Gasteiger partial charge >= 0.3 is 0 Å². The lowest BCUT2D eigenvalue weighted by atomic mass is 9.98. The number of fused-ring (bicyclic) bond motifs is 1. The fourth-order valence-electron chi connectivity index (χ4n) is 3.85. The average molecular weight is 456 g/mol. The lowest BCUT2D eigenvalue weighted by Crippen LogP contribution is -2.22. The van der Waals surface area contributed by atoms with Crippen molar-refractivity contribution >= 4 is 28.8 Å². The Morgan fingerprint density at radius 3 is 2.53 bits per heavy atom. The van der Waals surface area contributed by atoms with E-state index in [1.54, 1.807) is 18.2 Å². The maximum absolute atomic E-state index is 13.5. The second-order valence-corrected chi connectivity index (χ2v) is 7.71. The number of nitrogens with zero attached hydrogens (tertiary/aromatic N) is 2. The summed E-state index contributed by atoms with van der Waals surface area (Å²) in [7, 11) is 0. The average Bonchev–Trinajstić information content (AvgIpc) is 2.85. The lowest BCUT2D eigenvalue weighted by molar-refractivity contribution is 0.515. The van der Waals surface area contributed by atoms with Gasteiger partial charge in [-0.15, -0.1) is 0 Å². The van der Waals surface area contributed by atoms with Gasteiger partial charge in [-0.25, -0.2) is 9.97 Å². The number of nitrogens with two attached hydrogens (primary N) is 3. The summed E-state index contributed by atoms with van der Waals surface area (Å²) >= 11 is 0. The highest BCUT2D eigenvalue weighted by Crippen LogP contribution is 2.33. The summed E-state index contributed by atoms with van der Waals surface area (Å²) in [4.78, 5) is 21.9. The van der Waals surface area contributed by atoms with E-state index in [0.29, 0.717) is 39.2 Å². The first-order valence-corrected chi connectivity index (χ1v) is 10.6.